The first-order chi connectivity index (χ1) is 4.74. The second kappa shape index (κ2) is 1.82. The molecule has 0 amide bonds. The van der Waals surface area contributed by atoms with Gasteiger partial charge >= 0.3 is 0 Å². The van der Waals surface area contributed by atoms with Crippen molar-refractivity contribution in [3.8, 4) is 0 Å². The third-order valence-electron chi connectivity index (χ3n) is 2.61. The summed E-state index contributed by atoms with van der Waals surface area (Å²) in [5, 5.41) is 0. The van der Waals surface area contributed by atoms with Crippen LogP contribution < -0.4 is 5.73 Å². The van der Waals surface area contributed by atoms with Crippen molar-refractivity contribution >= 4 is 0 Å². The SMILES string of the molecule is NCC1C=CC2(F)CC2C1. The minimum absolute atomic E-state index is 0.297. The zero-order valence-corrected chi connectivity index (χ0v) is 5.89. The van der Waals surface area contributed by atoms with Crippen molar-refractivity contribution in [3.63, 3.8) is 0 Å². The van der Waals surface area contributed by atoms with E-state index in [4.69, 9.17) is 5.73 Å². The molecule has 1 nitrogen and oxygen atoms in total. The molecule has 3 atom stereocenters. The van der Waals surface area contributed by atoms with Gasteiger partial charge in [-0.05, 0) is 25.3 Å². The number of alkyl halides is 1. The summed E-state index contributed by atoms with van der Waals surface area (Å²) in [5.41, 5.74) is 4.54. The quantitative estimate of drug-likeness (QED) is 0.546. The number of hydrogen-bond acceptors (Lipinski definition) is 1. The van der Waals surface area contributed by atoms with Crippen LogP contribution in [0, 0.1) is 11.8 Å². The summed E-state index contributed by atoms with van der Waals surface area (Å²) >= 11 is 0. The van der Waals surface area contributed by atoms with Gasteiger partial charge in [-0.15, -0.1) is 0 Å². The molecule has 0 aromatic rings. The molecule has 0 heterocycles. The van der Waals surface area contributed by atoms with Gasteiger partial charge in [-0.3, -0.25) is 0 Å². The fourth-order valence-corrected chi connectivity index (χ4v) is 1.72. The van der Waals surface area contributed by atoms with E-state index < -0.39 is 5.67 Å². The highest BCUT2D eigenvalue weighted by Crippen LogP contribution is 2.54. The normalized spacial score (nSPS) is 50.6. The number of hydrogen-bond donors (Lipinski definition) is 1. The van der Waals surface area contributed by atoms with Gasteiger partial charge in [-0.1, -0.05) is 12.2 Å². The number of halogens is 1. The van der Waals surface area contributed by atoms with E-state index in [1.54, 1.807) is 6.08 Å². The molecule has 0 saturated heterocycles. The summed E-state index contributed by atoms with van der Waals surface area (Å²) in [6, 6.07) is 0. The van der Waals surface area contributed by atoms with Crippen LogP contribution in [0.3, 0.4) is 0 Å². The minimum Gasteiger partial charge on any atom is -0.330 e. The van der Waals surface area contributed by atoms with Crippen molar-refractivity contribution in [1.29, 1.82) is 0 Å². The molecule has 56 valence electrons. The van der Waals surface area contributed by atoms with Gasteiger partial charge in [0.1, 0.15) is 5.67 Å². The van der Waals surface area contributed by atoms with E-state index >= 15 is 0 Å². The van der Waals surface area contributed by atoms with Crippen molar-refractivity contribution < 1.29 is 4.39 Å². The van der Waals surface area contributed by atoms with Gasteiger partial charge in [0.25, 0.3) is 0 Å². The lowest BCUT2D eigenvalue weighted by atomic mass is 9.95. The standard InChI is InChI=1S/C8H12FN/c9-8-2-1-6(5-10)3-7(8)4-8/h1-2,6-7H,3-5,10H2. The molecule has 0 aliphatic heterocycles. The molecule has 1 saturated carbocycles. The van der Waals surface area contributed by atoms with Gasteiger partial charge in [-0.25, -0.2) is 4.39 Å². The van der Waals surface area contributed by atoms with E-state index in [0.717, 1.165) is 12.8 Å². The van der Waals surface area contributed by atoms with Crippen LogP contribution in [-0.4, -0.2) is 12.2 Å². The van der Waals surface area contributed by atoms with E-state index in [1.807, 2.05) is 6.08 Å². The topological polar surface area (TPSA) is 26.0 Å². The summed E-state index contributed by atoms with van der Waals surface area (Å²) in [5.74, 6) is 0.738. The second-order valence-electron chi connectivity index (χ2n) is 3.42. The number of fused-ring (bicyclic) bond motifs is 1. The minimum atomic E-state index is -0.911. The Hall–Kier alpha value is -0.370. The third-order valence-corrected chi connectivity index (χ3v) is 2.61. The molecule has 0 aromatic heterocycles. The summed E-state index contributed by atoms with van der Waals surface area (Å²) in [4.78, 5) is 0. The molecule has 3 unspecified atom stereocenters. The highest BCUT2D eigenvalue weighted by Gasteiger charge is 2.55. The van der Waals surface area contributed by atoms with E-state index in [0.29, 0.717) is 18.4 Å². The summed E-state index contributed by atoms with van der Waals surface area (Å²) in [7, 11) is 0. The van der Waals surface area contributed by atoms with Crippen molar-refractivity contribution in [2.45, 2.75) is 18.5 Å². The smallest absolute Gasteiger partial charge is 0.132 e. The molecule has 2 heteroatoms. The zero-order chi connectivity index (χ0) is 7.19. The Balaban J connectivity index is 2.08. The third kappa shape index (κ3) is 0.788. The Morgan fingerprint density at radius 3 is 3.10 bits per heavy atom. The lowest BCUT2D eigenvalue weighted by Gasteiger charge is -2.15. The predicted octanol–water partition coefficient (Wildman–Crippen LogP) is 1.25. The van der Waals surface area contributed by atoms with Crippen molar-refractivity contribution in [2.75, 3.05) is 6.54 Å². The fourth-order valence-electron chi connectivity index (χ4n) is 1.72. The lowest BCUT2D eigenvalue weighted by Crippen LogP contribution is -2.18. The van der Waals surface area contributed by atoms with Gasteiger partial charge in [0.15, 0.2) is 0 Å². The molecule has 0 bridgehead atoms. The zero-order valence-electron chi connectivity index (χ0n) is 5.89. The Kier molecular flexibility index (Phi) is 1.15. The summed E-state index contributed by atoms with van der Waals surface area (Å²) in [6.07, 6.45) is 5.34. The van der Waals surface area contributed by atoms with Crippen LogP contribution in [0.5, 0.6) is 0 Å². The van der Waals surface area contributed by atoms with Crippen LogP contribution in [-0.2, 0) is 0 Å². The molecule has 0 spiro atoms. The van der Waals surface area contributed by atoms with E-state index in [1.165, 1.54) is 0 Å². The van der Waals surface area contributed by atoms with Crippen molar-refractivity contribution in [3.05, 3.63) is 12.2 Å². The van der Waals surface area contributed by atoms with Crippen molar-refractivity contribution in [1.82, 2.24) is 0 Å². The Morgan fingerprint density at radius 2 is 2.50 bits per heavy atom. The van der Waals surface area contributed by atoms with Gasteiger partial charge in [0.05, 0.1) is 0 Å². The summed E-state index contributed by atoms with van der Waals surface area (Å²) in [6.45, 7) is 0.670. The van der Waals surface area contributed by atoms with Crippen LogP contribution in [0.2, 0.25) is 0 Å². The lowest BCUT2D eigenvalue weighted by molar-refractivity contribution is 0.317. The monoisotopic (exact) mass is 141 g/mol. The number of rotatable bonds is 1. The molecular formula is C8H12FN. The number of allylic oxidation sites excluding steroid dienone is 1. The predicted molar refractivity (Wildman–Crippen MR) is 38.2 cm³/mol. The average Bonchev–Trinajstić information content (AvgIpc) is 2.59. The molecule has 2 N–H and O–H groups in total. The molecular weight excluding hydrogens is 129 g/mol. The van der Waals surface area contributed by atoms with E-state index in [-0.39, 0.29) is 0 Å². The first kappa shape index (κ1) is 6.35. The van der Waals surface area contributed by atoms with E-state index in [2.05, 4.69) is 0 Å². The molecule has 0 aromatic carbocycles. The van der Waals surface area contributed by atoms with Gasteiger partial charge in [-0.2, -0.15) is 0 Å². The second-order valence-corrected chi connectivity index (χ2v) is 3.42. The molecule has 2 rings (SSSR count). The molecule has 2 aliphatic rings. The summed E-state index contributed by atoms with van der Waals surface area (Å²) < 4.78 is 13.1. The van der Waals surface area contributed by atoms with Crippen LogP contribution in [0.15, 0.2) is 12.2 Å². The highest BCUT2D eigenvalue weighted by molar-refractivity contribution is 5.22. The average molecular weight is 141 g/mol. The molecule has 1 fully saturated rings. The highest BCUT2D eigenvalue weighted by atomic mass is 19.1. The fraction of sp³-hybridized carbons (Fsp3) is 0.750. The van der Waals surface area contributed by atoms with Crippen LogP contribution in [0.4, 0.5) is 4.39 Å². The molecule has 10 heavy (non-hydrogen) atoms. The molecule has 2 aliphatic carbocycles. The number of nitrogens with two attached hydrogens (primary N) is 1. The first-order valence-electron chi connectivity index (χ1n) is 3.83. The first-order valence-corrected chi connectivity index (χ1v) is 3.83. The largest absolute Gasteiger partial charge is 0.330 e. The Bertz CT molecular complexity index is 178. The Labute approximate surface area is 60.1 Å². The maximum Gasteiger partial charge on any atom is 0.132 e. The van der Waals surface area contributed by atoms with Gasteiger partial charge in [0, 0.05) is 5.92 Å². The van der Waals surface area contributed by atoms with Crippen LogP contribution >= 0.6 is 0 Å². The maximum absolute atomic E-state index is 13.1. The van der Waals surface area contributed by atoms with Gasteiger partial charge < -0.3 is 5.73 Å². The Morgan fingerprint density at radius 1 is 1.70 bits per heavy atom. The van der Waals surface area contributed by atoms with Gasteiger partial charge in [0.2, 0.25) is 0 Å². The van der Waals surface area contributed by atoms with E-state index in [9.17, 15) is 4.39 Å². The van der Waals surface area contributed by atoms with Crippen molar-refractivity contribution in [2.24, 2.45) is 17.6 Å². The maximum atomic E-state index is 13.1. The molecule has 0 radical (unpaired) electrons. The van der Waals surface area contributed by atoms with Crippen LogP contribution in [0.25, 0.3) is 0 Å². The van der Waals surface area contributed by atoms with Crippen LogP contribution in [0.1, 0.15) is 12.8 Å².